The predicted molar refractivity (Wildman–Crippen MR) is 86.9 cm³/mol. The molecular formula is C18H20FN3O. The summed E-state index contributed by atoms with van der Waals surface area (Å²) in [6, 6.07) is 8.37. The third-order valence-corrected chi connectivity index (χ3v) is 3.86. The second kappa shape index (κ2) is 5.42. The maximum atomic E-state index is 14.1. The van der Waals surface area contributed by atoms with Crippen molar-refractivity contribution in [3.63, 3.8) is 0 Å². The molecule has 3 aromatic rings. The molecule has 120 valence electrons. The number of halogens is 1. The van der Waals surface area contributed by atoms with E-state index in [4.69, 9.17) is 0 Å². The Balaban J connectivity index is 2.09. The van der Waals surface area contributed by atoms with Gasteiger partial charge in [0.05, 0.1) is 0 Å². The highest BCUT2D eigenvalue weighted by molar-refractivity contribution is 5.42. The summed E-state index contributed by atoms with van der Waals surface area (Å²) in [5, 5.41) is 18.9. The molecule has 1 aromatic carbocycles. The van der Waals surface area contributed by atoms with Gasteiger partial charge in [-0.05, 0) is 24.6 Å². The van der Waals surface area contributed by atoms with Crippen LogP contribution in [0.3, 0.4) is 0 Å². The van der Waals surface area contributed by atoms with E-state index in [0.717, 1.165) is 11.4 Å². The highest BCUT2D eigenvalue weighted by Gasteiger charge is 2.22. The lowest BCUT2D eigenvalue weighted by atomic mass is 9.95. The molecule has 0 spiro atoms. The maximum Gasteiger partial charge on any atom is 0.160 e. The van der Waals surface area contributed by atoms with Crippen molar-refractivity contribution < 1.29 is 9.50 Å². The standard InChI is InChI=1S/C18H20FN3O/c1-11-5-7-13(14(19)9-11)16(23)12-6-8-15-20-21-17(18(2,3)4)22(15)10-12/h5-10,16,23H,1-4H3. The van der Waals surface area contributed by atoms with Crippen molar-refractivity contribution in [1.29, 1.82) is 0 Å². The normalized spacial score (nSPS) is 13.5. The van der Waals surface area contributed by atoms with E-state index in [0.29, 0.717) is 11.2 Å². The van der Waals surface area contributed by atoms with Crippen LogP contribution >= 0.6 is 0 Å². The number of aryl methyl sites for hydroxylation is 1. The van der Waals surface area contributed by atoms with Crippen LogP contribution in [0.25, 0.3) is 5.65 Å². The van der Waals surface area contributed by atoms with Gasteiger partial charge in [-0.3, -0.25) is 4.40 Å². The van der Waals surface area contributed by atoms with Gasteiger partial charge in [-0.1, -0.05) is 39.0 Å². The number of aliphatic hydroxyl groups is 1. The molecule has 2 heterocycles. The fourth-order valence-electron chi connectivity index (χ4n) is 2.61. The van der Waals surface area contributed by atoms with Gasteiger partial charge in [0.1, 0.15) is 17.7 Å². The maximum absolute atomic E-state index is 14.1. The van der Waals surface area contributed by atoms with E-state index in [1.165, 1.54) is 6.07 Å². The average molecular weight is 313 g/mol. The molecule has 5 heteroatoms. The quantitative estimate of drug-likeness (QED) is 0.787. The SMILES string of the molecule is Cc1ccc(C(O)c2ccc3nnc(C(C)(C)C)n3c2)c(F)c1. The summed E-state index contributed by atoms with van der Waals surface area (Å²) in [5.41, 5.74) is 2.21. The summed E-state index contributed by atoms with van der Waals surface area (Å²) in [7, 11) is 0. The van der Waals surface area contributed by atoms with Gasteiger partial charge >= 0.3 is 0 Å². The largest absolute Gasteiger partial charge is 0.383 e. The minimum absolute atomic E-state index is 0.182. The Kier molecular flexibility index (Phi) is 3.68. The van der Waals surface area contributed by atoms with Crippen molar-refractivity contribution in [3.8, 4) is 0 Å². The zero-order chi connectivity index (χ0) is 16.8. The van der Waals surface area contributed by atoms with Crippen LogP contribution in [0.1, 0.15) is 49.4 Å². The molecule has 2 aromatic heterocycles. The average Bonchev–Trinajstić information content (AvgIpc) is 2.89. The summed E-state index contributed by atoms with van der Waals surface area (Å²) in [4.78, 5) is 0. The van der Waals surface area contributed by atoms with E-state index in [2.05, 4.69) is 10.2 Å². The Hall–Kier alpha value is -2.27. The van der Waals surface area contributed by atoms with Crippen LogP contribution in [0.5, 0.6) is 0 Å². The molecule has 1 N–H and O–H groups in total. The van der Waals surface area contributed by atoms with Gasteiger partial charge in [0.15, 0.2) is 5.65 Å². The Morgan fingerprint density at radius 2 is 1.87 bits per heavy atom. The second-order valence-corrected chi connectivity index (χ2v) is 6.89. The van der Waals surface area contributed by atoms with Crippen LogP contribution in [0.2, 0.25) is 0 Å². The predicted octanol–water partition coefficient (Wildman–Crippen LogP) is 3.56. The molecule has 3 rings (SSSR count). The minimum Gasteiger partial charge on any atom is -0.383 e. The van der Waals surface area contributed by atoms with Crippen molar-refractivity contribution in [1.82, 2.24) is 14.6 Å². The van der Waals surface area contributed by atoms with Crippen molar-refractivity contribution in [2.45, 2.75) is 39.2 Å². The number of hydrogen-bond donors (Lipinski definition) is 1. The zero-order valence-corrected chi connectivity index (χ0v) is 13.7. The molecule has 0 radical (unpaired) electrons. The van der Waals surface area contributed by atoms with E-state index in [-0.39, 0.29) is 11.0 Å². The van der Waals surface area contributed by atoms with Gasteiger partial charge in [-0.2, -0.15) is 0 Å². The second-order valence-electron chi connectivity index (χ2n) is 6.89. The number of pyridine rings is 1. The van der Waals surface area contributed by atoms with Crippen LogP contribution in [0, 0.1) is 12.7 Å². The van der Waals surface area contributed by atoms with Gasteiger partial charge in [-0.15, -0.1) is 10.2 Å². The number of hydrogen-bond acceptors (Lipinski definition) is 3. The first-order valence-corrected chi connectivity index (χ1v) is 7.56. The van der Waals surface area contributed by atoms with E-state index in [9.17, 15) is 9.50 Å². The Bertz CT molecular complexity index is 864. The fourth-order valence-corrected chi connectivity index (χ4v) is 2.61. The molecule has 0 bridgehead atoms. The molecule has 4 nitrogen and oxygen atoms in total. The lowest BCUT2D eigenvalue weighted by Crippen LogP contribution is -2.16. The van der Waals surface area contributed by atoms with E-state index in [1.54, 1.807) is 30.5 Å². The highest BCUT2D eigenvalue weighted by Crippen LogP contribution is 2.27. The first kappa shape index (κ1) is 15.6. The molecular weight excluding hydrogens is 293 g/mol. The fraction of sp³-hybridized carbons (Fsp3) is 0.333. The molecule has 1 unspecified atom stereocenters. The summed E-state index contributed by atoms with van der Waals surface area (Å²) < 4.78 is 16.0. The number of aromatic nitrogens is 3. The van der Waals surface area contributed by atoms with Crippen molar-refractivity contribution in [3.05, 3.63) is 64.9 Å². The molecule has 0 saturated heterocycles. The number of rotatable bonds is 2. The number of nitrogens with zero attached hydrogens (tertiary/aromatic N) is 3. The Morgan fingerprint density at radius 3 is 2.52 bits per heavy atom. The van der Waals surface area contributed by atoms with Gasteiger partial charge < -0.3 is 5.11 Å². The highest BCUT2D eigenvalue weighted by atomic mass is 19.1. The van der Waals surface area contributed by atoms with Crippen molar-refractivity contribution in [2.75, 3.05) is 0 Å². The summed E-state index contributed by atoms with van der Waals surface area (Å²) >= 11 is 0. The first-order chi connectivity index (χ1) is 10.8. The molecule has 0 amide bonds. The lowest BCUT2D eigenvalue weighted by Gasteiger charge is -2.17. The van der Waals surface area contributed by atoms with Crippen LogP contribution in [-0.4, -0.2) is 19.7 Å². The van der Waals surface area contributed by atoms with Gasteiger partial charge in [-0.25, -0.2) is 4.39 Å². The molecule has 23 heavy (non-hydrogen) atoms. The van der Waals surface area contributed by atoms with Gasteiger partial charge in [0.2, 0.25) is 0 Å². The minimum atomic E-state index is -1.03. The molecule has 0 saturated carbocycles. The van der Waals surface area contributed by atoms with Crippen LogP contribution in [-0.2, 0) is 5.41 Å². The monoisotopic (exact) mass is 313 g/mol. The van der Waals surface area contributed by atoms with Crippen LogP contribution < -0.4 is 0 Å². The van der Waals surface area contributed by atoms with E-state index < -0.39 is 11.9 Å². The summed E-state index contributed by atoms with van der Waals surface area (Å²) in [6.45, 7) is 7.96. The molecule has 0 aliphatic rings. The number of fused-ring (bicyclic) bond motifs is 1. The first-order valence-electron chi connectivity index (χ1n) is 7.56. The molecule has 0 fully saturated rings. The topological polar surface area (TPSA) is 50.4 Å². The smallest absolute Gasteiger partial charge is 0.160 e. The van der Waals surface area contributed by atoms with E-state index in [1.807, 2.05) is 32.1 Å². The summed E-state index contributed by atoms with van der Waals surface area (Å²) in [6.07, 6.45) is 0.745. The van der Waals surface area contributed by atoms with Gasteiger partial charge in [0.25, 0.3) is 0 Å². The molecule has 0 aliphatic carbocycles. The summed E-state index contributed by atoms with van der Waals surface area (Å²) in [5.74, 6) is 0.392. The van der Waals surface area contributed by atoms with Gasteiger partial charge in [0, 0.05) is 22.7 Å². The van der Waals surface area contributed by atoms with Crippen molar-refractivity contribution in [2.24, 2.45) is 0 Å². The zero-order valence-electron chi connectivity index (χ0n) is 13.7. The Morgan fingerprint density at radius 1 is 1.13 bits per heavy atom. The number of aliphatic hydroxyl groups excluding tert-OH is 1. The van der Waals surface area contributed by atoms with E-state index >= 15 is 0 Å². The lowest BCUT2D eigenvalue weighted by molar-refractivity contribution is 0.214. The van der Waals surface area contributed by atoms with Crippen LogP contribution in [0.4, 0.5) is 4.39 Å². The van der Waals surface area contributed by atoms with Crippen molar-refractivity contribution >= 4 is 5.65 Å². The Labute approximate surface area is 134 Å². The number of benzene rings is 1. The third-order valence-electron chi connectivity index (χ3n) is 3.86. The molecule has 1 atom stereocenters. The van der Waals surface area contributed by atoms with Crippen LogP contribution in [0.15, 0.2) is 36.5 Å². The molecule has 0 aliphatic heterocycles. The third kappa shape index (κ3) is 2.84.